The number of ether oxygens (including phenoxy) is 2. The highest BCUT2D eigenvalue weighted by Crippen LogP contribution is 2.18. The van der Waals surface area contributed by atoms with Crippen LogP contribution in [0.3, 0.4) is 0 Å². The molecule has 0 aliphatic rings. The van der Waals surface area contributed by atoms with Gasteiger partial charge in [0.05, 0.1) is 12.8 Å². The molecule has 0 unspecified atom stereocenters. The summed E-state index contributed by atoms with van der Waals surface area (Å²) >= 11 is 0. The Balaban J connectivity index is 1.52. The van der Waals surface area contributed by atoms with Crippen molar-refractivity contribution in [3.63, 3.8) is 0 Å². The van der Waals surface area contributed by atoms with Crippen molar-refractivity contribution in [3.05, 3.63) is 84.2 Å². The number of carbonyl (C=O) groups is 2. The molecule has 0 aromatic heterocycles. The number of hydrogen-bond acceptors (Lipinski definition) is 4. The van der Waals surface area contributed by atoms with Crippen LogP contribution in [-0.4, -0.2) is 25.5 Å². The fourth-order valence-electron chi connectivity index (χ4n) is 2.48. The van der Waals surface area contributed by atoms with Gasteiger partial charge in [0.25, 0.3) is 11.8 Å². The van der Waals surface area contributed by atoms with Crippen molar-refractivity contribution in [2.45, 2.75) is 0 Å². The number of para-hydroxylation sites is 1. The van der Waals surface area contributed by atoms with Gasteiger partial charge < -0.3 is 20.1 Å². The van der Waals surface area contributed by atoms with Gasteiger partial charge in [-0.05, 0) is 60.7 Å². The lowest BCUT2D eigenvalue weighted by Gasteiger charge is -2.09. The van der Waals surface area contributed by atoms with Crippen molar-refractivity contribution < 1.29 is 23.5 Å². The first-order chi connectivity index (χ1) is 14.0. The van der Waals surface area contributed by atoms with E-state index in [0.717, 1.165) is 0 Å². The zero-order chi connectivity index (χ0) is 20.6. The first-order valence-corrected chi connectivity index (χ1v) is 8.78. The van der Waals surface area contributed by atoms with Crippen LogP contribution in [0.1, 0.15) is 10.4 Å². The van der Waals surface area contributed by atoms with Crippen LogP contribution in [0.15, 0.2) is 72.8 Å². The first-order valence-electron chi connectivity index (χ1n) is 8.78. The molecule has 3 aromatic rings. The SMILES string of the molecule is COc1ccc(NC(=O)c2ccc(OCC(=O)Nc3ccccc3F)cc2)cc1. The largest absolute Gasteiger partial charge is 0.497 e. The van der Waals surface area contributed by atoms with Crippen LogP contribution in [-0.2, 0) is 4.79 Å². The van der Waals surface area contributed by atoms with Gasteiger partial charge in [-0.25, -0.2) is 4.39 Å². The van der Waals surface area contributed by atoms with Crippen LogP contribution in [0, 0.1) is 5.82 Å². The molecule has 0 spiro atoms. The minimum Gasteiger partial charge on any atom is -0.497 e. The number of rotatable bonds is 7. The number of nitrogens with one attached hydrogen (secondary N) is 2. The number of benzene rings is 3. The van der Waals surface area contributed by atoms with Crippen LogP contribution in [0.4, 0.5) is 15.8 Å². The minimum atomic E-state index is -0.520. The third kappa shape index (κ3) is 5.55. The lowest BCUT2D eigenvalue weighted by molar-refractivity contribution is -0.118. The molecule has 0 saturated heterocycles. The lowest BCUT2D eigenvalue weighted by atomic mass is 10.2. The van der Waals surface area contributed by atoms with Gasteiger partial charge in [-0.1, -0.05) is 12.1 Å². The predicted octanol–water partition coefficient (Wildman–Crippen LogP) is 4.10. The number of halogens is 1. The molecule has 6 nitrogen and oxygen atoms in total. The molecule has 3 rings (SSSR count). The Morgan fingerprint density at radius 2 is 1.52 bits per heavy atom. The Morgan fingerprint density at radius 1 is 0.862 bits per heavy atom. The maximum atomic E-state index is 13.5. The Morgan fingerprint density at radius 3 is 2.17 bits per heavy atom. The van der Waals surface area contributed by atoms with Gasteiger partial charge in [0.1, 0.15) is 17.3 Å². The molecule has 0 aliphatic heterocycles. The molecule has 2 N–H and O–H groups in total. The molecule has 7 heteroatoms. The van der Waals surface area contributed by atoms with Crippen LogP contribution in [0.5, 0.6) is 11.5 Å². The average Bonchev–Trinajstić information content (AvgIpc) is 2.75. The maximum absolute atomic E-state index is 13.5. The highest BCUT2D eigenvalue weighted by molar-refractivity contribution is 6.04. The van der Waals surface area contributed by atoms with Crippen molar-refractivity contribution in [3.8, 4) is 11.5 Å². The van der Waals surface area contributed by atoms with Gasteiger partial charge in [0.2, 0.25) is 0 Å². The predicted molar refractivity (Wildman–Crippen MR) is 108 cm³/mol. The molecule has 2 amide bonds. The van der Waals surface area contributed by atoms with E-state index in [1.165, 1.54) is 18.2 Å². The summed E-state index contributed by atoms with van der Waals surface area (Å²) in [5.74, 6) is -0.179. The smallest absolute Gasteiger partial charge is 0.262 e. The fourth-order valence-corrected chi connectivity index (χ4v) is 2.48. The third-order valence-corrected chi connectivity index (χ3v) is 3.98. The van der Waals surface area contributed by atoms with Gasteiger partial charge in [-0.3, -0.25) is 9.59 Å². The van der Waals surface area contributed by atoms with Gasteiger partial charge >= 0.3 is 0 Å². The van der Waals surface area contributed by atoms with E-state index in [4.69, 9.17) is 9.47 Å². The number of anilines is 2. The van der Waals surface area contributed by atoms with Crippen LogP contribution >= 0.6 is 0 Å². The van der Waals surface area contributed by atoms with E-state index in [-0.39, 0.29) is 18.2 Å². The van der Waals surface area contributed by atoms with Crippen molar-refractivity contribution in [1.29, 1.82) is 0 Å². The van der Waals surface area contributed by atoms with E-state index in [0.29, 0.717) is 22.7 Å². The van der Waals surface area contributed by atoms with E-state index in [9.17, 15) is 14.0 Å². The van der Waals surface area contributed by atoms with Gasteiger partial charge in [-0.2, -0.15) is 0 Å². The second kappa shape index (κ2) is 9.36. The molecule has 0 bridgehead atoms. The van der Waals surface area contributed by atoms with E-state index in [1.807, 2.05) is 0 Å². The molecule has 3 aromatic carbocycles. The van der Waals surface area contributed by atoms with Crippen LogP contribution in [0.2, 0.25) is 0 Å². The van der Waals surface area contributed by atoms with Crippen molar-refractivity contribution in [2.24, 2.45) is 0 Å². The summed E-state index contributed by atoms with van der Waals surface area (Å²) in [6, 6.07) is 19.2. The summed E-state index contributed by atoms with van der Waals surface area (Å²) in [4.78, 5) is 24.2. The average molecular weight is 394 g/mol. The quantitative estimate of drug-likeness (QED) is 0.632. The summed E-state index contributed by atoms with van der Waals surface area (Å²) in [5, 5.41) is 5.21. The van der Waals surface area contributed by atoms with Crippen LogP contribution < -0.4 is 20.1 Å². The highest BCUT2D eigenvalue weighted by atomic mass is 19.1. The number of methoxy groups -OCH3 is 1. The zero-order valence-corrected chi connectivity index (χ0v) is 15.6. The maximum Gasteiger partial charge on any atom is 0.262 e. The Labute approximate surface area is 167 Å². The monoisotopic (exact) mass is 394 g/mol. The van der Waals surface area contributed by atoms with E-state index in [2.05, 4.69) is 10.6 Å². The molecule has 29 heavy (non-hydrogen) atoms. The van der Waals surface area contributed by atoms with E-state index >= 15 is 0 Å². The minimum absolute atomic E-state index is 0.0895. The summed E-state index contributed by atoms with van der Waals surface area (Å²) in [6.07, 6.45) is 0. The second-order valence-corrected chi connectivity index (χ2v) is 6.02. The highest BCUT2D eigenvalue weighted by Gasteiger charge is 2.09. The molecule has 0 heterocycles. The molecular formula is C22H19FN2O4. The van der Waals surface area contributed by atoms with Crippen molar-refractivity contribution in [2.75, 3.05) is 24.4 Å². The Bertz CT molecular complexity index is 988. The molecule has 0 radical (unpaired) electrons. The molecule has 0 aliphatic carbocycles. The van der Waals surface area contributed by atoms with E-state index < -0.39 is 11.7 Å². The molecule has 0 fully saturated rings. The standard InChI is InChI=1S/C22H19FN2O4/c1-28-17-12-8-16(9-13-17)24-22(27)15-6-10-18(11-7-15)29-14-21(26)25-20-5-3-2-4-19(20)23/h2-13H,14H2,1H3,(H,24,27)(H,25,26). The zero-order valence-electron chi connectivity index (χ0n) is 15.6. The molecule has 0 saturated carbocycles. The first kappa shape index (κ1) is 19.9. The topological polar surface area (TPSA) is 76.7 Å². The molecule has 148 valence electrons. The van der Waals surface area contributed by atoms with Gasteiger partial charge in [-0.15, -0.1) is 0 Å². The number of carbonyl (C=O) groups excluding carboxylic acids is 2. The van der Waals surface area contributed by atoms with Gasteiger partial charge in [0.15, 0.2) is 6.61 Å². The number of hydrogen-bond donors (Lipinski definition) is 2. The summed E-state index contributed by atoms with van der Waals surface area (Å²) in [7, 11) is 1.57. The number of amides is 2. The summed E-state index contributed by atoms with van der Waals surface area (Å²) < 4.78 is 24.0. The fraction of sp³-hybridized carbons (Fsp3) is 0.0909. The molecular weight excluding hydrogens is 375 g/mol. The van der Waals surface area contributed by atoms with Crippen LogP contribution in [0.25, 0.3) is 0 Å². The van der Waals surface area contributed by atoms with Gasteiger partial charge in [0, 0.05) is 11.3 Å². The summed E-state index contributed by atoms with van der Waals surface area (Å²) in [6.45, 7) is -0.286. The Hall–Kier alpha value is -3.87. The third-order valence-electron chi connectivity index (χ3n) is 3.98. The van der Waals surface area contributed by atoms with E-state index in [1.54, 1.807) is 61.7 Å². The normalized spacial score (nSPS) is 10.1. The second-order valence-electron chi connectivity index (χ2n) is 6.02. The van der Waals surface area contributed by atoms with Crippen molar-refractivity contribution >= 4 is 23.2 Å². The summed E-state index contributed by atoms with van der Waals surface area (Å²) in [5.41, 5.74) is 1.16. The van der Waals surface area contributed by atoms with Crippen molar-refractivity contribution in [1.82, 2.24) is 0 Å². The molecule has 0 atom stereocenters. The lowest BCUT2D eigenvalue weighted by Crippen LogP contribution is -2.20. The Kier molecular flexibility index (Phi) is 6.42.